The minimum atomic E-state index is -1.13. The quantitative estimate of drug-likeness (QED) is 0.235. The third-order valence-corrected chi connectivity index (χ3v) is 12.1. The van der Waals surface area contributed by atoms with Crippen molar-refractivity contribution in [3.63, 3.8) is 0 Å². The maximum absolute atomic E-state index is 14.2. The number of rotatable bonds is 9. The van der Waals surface area contributed by atoms with Gasteiger partial charge in [-0.2, -0.15) is 0 Å². The lowest BCUT2D eigenvalue weighted by Crippen LogP contribution is -2.52. The van der Waals surface area contributed by atoms with Crippen molar-refractivity contribution in [1.82, 2.24) is 0 Å². The Kier molecular flexibility index (Phi) is 10.1. The van der Waals surface area contributed by atoms with Crippen molar-refractivity contribution in [3.8, 4) is 0 Å². The van der Waals surface area contributed by atoms with Crippen LogP contribution in [-0.2, 0) is 47.7 Å². The third kappa shape index (κ3) is 7.05. The molecule has 10 heteroatoms. The summed E-state index contributed by atoms with van der Waals surface area (Å²) in [5.74, 6) is -2.70. The van der Waals surface area contributed by atoms with Gasteiger partial charge in [0.2, 0.25) is 0 Å². The number of fused-ring (bicyclic) bond motifs is 5. The predicted molar refractivity (Wildman–Crippen MR) is 165 cm³/mol. The Labute approximate surface area is 272 Å². The normalized spacial score (nSPS) is 37.7. The number of Topliss-reactive ketones (excluding diaryl/α,β-unsaturated/α-hetero) is 2. The number of ether oxygens (including phenoxy) is 4. The van der Waals surface area contributed by atoms with Crippen LogP contribution in [0.5, 0.6) is 0 Å². The van der Waals surface area contributed by atoms with E-state index >= 15 is 0 Å². The van der Waals surface area contributed by atoms with Gasteiger partial charge >= 0.3 is 23.9 Å². The first-order chi connectivity index (χ1) is 21.7. The first-order valence-corrected chi connectivity index (χ1v) is 17.4. The van der Waals surface area contributed by atoms with E-state index in [2.05, 4.69) is 6.92 Å². The standard InChI is InChI=1S/C36H52O10/c1-21-12-13-27(28(14-21)45-33(42)36(19-29(38)43-5)15-23-8-6-9-24(16-36)31(23)40)34(3,4)46-30(39)20-35(22(2)37)17-25-10-7-11-26(18-35)44-32(25)41/h21,23-28H,6-20H2,1-5H3. The molecule has 0 spiro atoms. The van der Waals surface area contributed by atoms with Crippen LogP contribution in [0.25, 0.3) is 0 Å². The van der Waals surface area contributed by atoms with E-state index in [0.29, 0.717) is 44.9 Å². The maximum atomic E-state index is 14.2. The molecular formula is C36H52O10. The molecule has 5 rings (SSSR count). The summed E-state index contributed by atoms with van der Waals surface area (Å²) in [4.78, 5) is 79.1. The van der Waals surface area contributed by atoms with Crippen molar-refractivity contribution in [1.29, 1.82) is 0 Å². The molecule has 3 aliphatic carbocycles. The van der Waals surface area contributed by atoms with E-state index < -0.39 is 46.4 Å². The summed E-state index contributed by atoms with van der Waals surface area (Å²) in [6.45, 7) is 7.25. The number of methoxy groups -OCH3 is 1. The fourth-order valence-corrected chi connectivity index (χ4v) is 9.50. The Hall–Kier alpha value is -2.78. The molecule has 0 aromatic rings. The van der Waals surface area contributed by atoms with Gasteiger partial charge in [0, 0.05) is 23.2 Å². The highest BCUT2D eigenvalue weighted by atomic mass is 16.6. The van der Waals surface area contributed by atoms with Crippen LogP contribution < -0.4 is 0 Å². The maximum Gasteiger partial charge on any atom is 0.313 e. The van der Waals surface area contributed by atoms with Crippen LogP contribution in [0.1, 0.15) is 124 Å². The summed E-state index contributed by atoms with van der Waals surface area (Å²) in [5, 5.41) is 0. The largest absolute Gasteiger partial charge is 0.469 e. The van der Waals surface area contributed by atoms with Gasteiger partial charge in [0.25, 0.3) is 0 Å². The van der Waals surface area contributed by atoms with Crippen molar-refractivity contribution >= 4 is 35.4 Å². The highest BCUT2D eigenvalue weighted by Crippen LogP contribution is 2.51. The molecule has 0 radical (unpaired) electrons. The van der Waals surface area contributed by atoms with Crippen molar-refractivity contribution in [2.24, 2.45) is 40.4 Å². The van der Waals surface area contributed by atoms with Crippen LogP contribution in [0.15, 0.2) is 0 Å². The van der Waals surface area contributed by atoms with Gasteiger partial charge in [0.15, 0.2) is 0 Å². The van der Waals surface area contributed by atoms with Crippen LogP contribution in [0.2, 0.25) is 0 Å². The summed E-state index contributed by atoms with van der Waals surface area (Å²) >= 11 is 0. The van der Waals surface area contributed by atoms with Gasteiger partial charge < -0.3 is 18.9 Å². The molecular weight excluding hydrogens is 592 g/mol. The molecule has 8 atom stereocenters. The fraction of sp³-hybridized carbons (Fsp3) is 0.833. The highest BCUT2D eigenvalue weighted by molar-refractivity contribution is 5.91. The second-order valence-electron chi connectivity index (χ2n) is 15.8. The van der Waals surface area contributed by atoms with Crippen LogP contribution >= 0.6 is 0 Å². The van der Waals surface area contributed by atoms with E-state index in [1.54, 1.807) is 0 Å². The average molecular weight is 645 g/mol. The van der Waals surface area contributed by atoms with E-state index in [-0.39, 0.29) is 79.4 Å². The minimum Gasteiger partial charge on any atom is -0.469 e. The van der Waals surface area contributed by atoms with E-state index in [1.807, 2.05) is 13.8 Å². The second kappa shape index (κ2) is 13.4. The average Bonchev–Trinajstić information content (AvgIpc) is 3.20. The minimum absolute atomic E-state index is 0.130. The lowest BCUT2D eigenvalue weighted by molar-refractivity contribution is -0.190. The lowest BCUT2D eigenvalue weighted by Gasteiger charge is -2.47. The van der Waals surface area contributed by atoms with Gasteiger partial charge in [-0.15, -0.1) is 0 Å². The lowest BCUT2D eigenvalue weighted by atomic mass is 9.59. The number of carbonyl (C=O) groups is 6. The Bertz CT molecular complexity index is 1220. The molecule has 46 heavy (non-hydrogen) atoms. The van der Waals surface area contributed by atoms with Gasteiger partial charge in [0.05, 0.1) is 31.3 Å². The summed E-state index contributed by atoms with van der Waals surface area (Å²) in [6, 6.07) is 0. The van der Waals surface area contributed by atoms with E-state index in [0.717, 1.165) is 19.3 Å². The number of esters is 4. The SMILES string of the molecule is COC(=O)CC1(C(=O)OC2CC(C)CCC2C(C)(C)OC(=O)CC2(C(C)=O)CC3CCCC(C2)C(=O)O3)CC2CCCC(C1)C2=O. The zero-order chi connectivity index (χ0) is 33.4. The Morgan fingerprint density at radius 1 is 0.826 bits per heavy atom. The van der Waals surface area contributed by atoms with E-state index in [9.17, 15) is 28.8 Å². The van der Waals surface area contributed by atoms with Gasteiger partial charge in [-0.3, -0.25) is 28.8 Å². The molecule has 8 unspecified atom stereocenters. The van der Waals surface area contributed by atoms with Crippen LogP contribution in [0, 0.1) is 40.4 Å². The summed E-state index contributed by atoms with van der Waals surface area (Å²) in [6.07, 6.45) is 6.58. The zero-order valence-electron chi connectivity index (χ0n) is 28.2. The topological polar surface area (TPSA) is 139 Å². The van der Waals surface area contributed by atoms with Gasteiger partial charge in [-0.05, 0) is 97.3 Å². The van der Waals surface area contributed by atoms with Crippen molar-refractivity contribution in [3.05, 3.63) is 0 Å². The Balaban J connectivity index is 1.33. The number of ketones is 2. The predicted octanol–water partition coefficient (Wildman–Crippen LogP) is 5.46. The molecule has 0 N–H and O–H groups in total. The van der Waals surface area contributed by atoms with Gasteiger partial charge in [0.1, 0.15) is 29.4 Å². The van der Waals surface area contributed by atoms with Crippen LogP contribution in [-0.4, -0.2) is 60.4 Å². The Morgan fingerprint density at radius 2 is 1.43 bits per heavy atom. The van der Waals surface area contributed by atoms with Crippen molar-refractivity contribution < 1.29 is 47.7 Å². The van der Waals surface area contributed by atoms with E-state index in [4.69, 9.17) is 18.9 Å². The first-order valence-electron chi connectivity index (χ1n) is 17.4. The van der Waals surface area contributed by atoms with Gasteiger partial charge in [-0.1, -0.05) is 19.8 Å². The molecule has 5 fully saturated rings. The smallest absolute Gasteiger partial charge is 0.313 e. The second-order valence-corrected chi connectivity index (χ2v) is 15.8. The third-order valence-electron chi connectivity index (χ3n) is 12.1. The highest BCUT2D eigenvalue weighted by Gasteiger charge is 2.55. The summed E-state index contributed by atoms with van der Waals surface area (Å²) in [5.41, 5.74) is -3.19. The monoisotopic (exact) mass is 644 g/mol. The zero-order valence-corrected chi connectivity index (χ0v) is 28.2. The Morgan fingerprint density at radius 3 is 2.09 bits per heavy atom. The summed E-state index contributed by atoms with van der Waals surface area (Å²) < 4.78 is 23.2. The number of carbonyl (C=O) groups excluding carboxylic acids is 6. The van der Waals surface area contributed by atoms with Crippen molar-refractivity contribution in [2.45, 2.75) is 142 Å². The van der Waals surface area contributed by atoms with Gasteiger partial charge in [-0.25, -0.2) is 0 Å². The first kappa shape index (κ1) is 34.6. The molecule has 0 aromatic carbocycles. The molecule has 4 bridgehead atoms. The fourth-order valence-electron chi connectivity index (χ4n) is 9.50. The molecule has 0 aromatic heterocycles. The van der Waals surface area contributed by atoms with Crippen molar-refractivity contribution in [2.75, 3.05) is 7.11 Å². The van der Waals surface area contributed by atoms with Crippen LogP contribution in [0.4, 0.5) is 0 Å². The molecule has 2 saturated heterocycles. The number of hydrogen-bond acceptors (Lipinski definition) is 10. The number of hydrogen-bond donors (Lipinski definition) is 0. The molecule has 10 nitrogen and oxygen atoms in total. The molecule has 5 aliphatic rings. The molecule has 256 valence electrons. The molecule has 2 heterocycles. The molecule has 0 amide bonds. The molecule has 2 aliphatic heterocycles. The van der Waals surface area contributed by atoms with Crippen LogP contribution in [0.3, 0.4) is 0 Å². The van der Waals surface area contributed by atoms with E-state index in [1.165, 1.54) is 14.0 Å². The summed E-state index contributed by atoms with van der Waals surface area (Å²) in [7, 11) is 1.30. The molecule has 3 saturated carbocycles.